The maximum Gasteiger partial charge on any atom is 0 e. The number of halogens is 3. The van der Waals surface area contributed by atoms with E-state index in [2.05, 4.69) is 61.8 Å². The molecule has 1 aliphatic rings. The van der Waals surface area contributed by atoms with Crippen LogP contribution in [0.1, 0.15) is 12.0 Å². The molecule has 1 aliphatic carbocycles. The summed E-state index contributed by atoms with van der Waals surface area (Å²) >= 11 is 0. The molecule has 5 heteroatoms. The van der Waals surface area contributed by atoms with Crippen molar-refractivity contribution in [3.63, 3.8) is 0 Å². The Kier molecular flexibility index (Phi) is 26.8. The van der Waals surface area contributed by atoms with Gasteiger partial charge in [-0.15, -0.1) is 18.6 Å². The van der Waals surface area contributed by atoms with Gasteiger partial charge in [0.25, 0.3) is 0 Å². The molecule has 0 spiro atoms. The molecule has 0 N–H and O–H groups in total. The quantitative estimate of drug-likeness (QED) is 0.479. The molecule has 1 aromatic rings. The first kappa shape index (κ1) is 28.2. The van der Waals surface area contributed by atoms with Crippen LogP contribution in [0.2, 0.25) is 0 Å². The fourth-order valence-corrected chi connectivity index (χ4v) is 1.22. The van der Waals surface area contributed by atoms with Crippen LogP contribution in [0.25, 0.3) is 0 Å². The van der Waals surface area contributed by atoms with E-state index in [1.165, 1.54) is 5.56 Å². The molecule has 0 saturated heterocycles. The van der Waals surface area contributed by atoms with Gasteiger partial charge in [0.15, 0.2) is 0 Å². The van der Waals surface area contributed by atoms with Crippen molar-refractivity contribution in [2.24, 2.45) is 0 Å². The molecule has 0 bridgehead atoms. The minimum Gasteiger partial charge on any atom is -1.00 e. The Morgan fingerprint density at radius 2 is 1.70 bits per heavy atom. The third kappa shape index (κ3) is 16.0. The largest absolute Gasteiger partial charge is 1.00 e. The Hall–Kier alpha value is -0.0156. The number of rotatable bonds is 3. The van der Waals surface area contributed by atoms with E-state index in [0.717, 1.165) is 13.0 Å². The van der Waals surface area contributed by atoms with Gasteiger partial charge in [0.1, 0.15) is 0 Å². The van der Waals surface area contributed by atoms with E-state index in [4.69, 9.17) is 0 Å². The van der Waals surface area contributed by atoms with Crippen LogP contribution in [0.3, 0.4) is 0 Å². The molecular weight excluding hydrogens is 351 g/mol. The Morgan fingerprint density at radius 3 is 2.05 bits per heavy atom. The van der Waals surface area contributed by atoms with Gasteiger partial charge in [0.2, 0.25) is 0 Å². The van der Waals surface area contributed by atoms with Crippen LogP contribution in [-0.2, 0) is 18.6 Å². The molecule has 0 atom stereocenters. The summed E-state index contributed by atoms with van der Waals surface area (Å²) < 4.78 is 0. The molecule has 1 aromatic carbocycles. The summed E-state index contributed by atoms with van der Waals surface area (Å²) in [6.45, 7) is 1.00. The smallest absolute Gasteiger partial charge is 0 e. The molecule has 115 valence electrons. The summed E-state index contributed by atoms with van der Waals surface area (Å²) in [6.07, 6.45) is 12.2. The predicted octanol–water partition coefficient (Wildman–Crippen LogP) is -5.88. The second kappa shape index (κ2) is 19.0. The van der Waals surface area contributed by atoms with Crippen LogP contribution in [-0.4, -0.2) is 25.5 Å². The van der Waals surface area contributed by atoms with Gasteiger partial charge in [-0.2, -0.15) is 30.2 Å². The van der Waals surface area contributed by atoms with Crippen LogP contribution < -0.4 is 37.2 Å². The Labute approximate surface area is 154 Å². The molecule has 0 saturated carbocycles. The van der Waals surface area contributed by atoms with Crippen molar-refractivity contribution in [1.29, 1.82) is 0 Å². The molecule has 0 unspecified atom stereocenters. The second-order valence-electron chi connectivity index (χ2n) is 3.88. The molecule has 1 radical (unpaired) electrons. The van der Waals surface area contributed by atoms with Gasteiger partial charge in [0.05, 0.1) is 0 Å². The van der Waals surface area contributed by atoms with Crippen molar-refractivity contribution in [1.82, 2.24) is 4.90 Å². The minimum atomic E-state index is 0. The number of likely N-dealkylation sites (N-methyl/N-ethyl adjacent to an activating group) is 1. The van der Waals surface area contributed by atoms with E-state index in [0.29, 0.717) is 0 Å². The van der Waals surface area contributed by atoms with E-state index in [-0.39, 0.29) is 55.8 Å². The number of allylic oxidation sites excluding steroid dienone is 4. The van der Waals surface area contributed by atoms with Crippen molar-refractivity contribution in [2.75, 3.05) is 20.6 Å². The SMILES string of the molecule is CN(C)C[CH-]c1ccccc1.[C-]1=CC=CC1.[Cl-].[Cl-].[Cl-].[V]. The van der Waals surface area contributed by atoms with E-state index >= 15 is 0 Å². The zero-order valence-electron chi connectivity index (χ0n) is 11.6. The zero-order chi connectivity index (χ0) is 11.6. The number of hydrogen-bond acceptors (Lipinski definition) is 1. The van der Waals surface area contributed by atoms with Crippen LogP contribution in [0.5, 0.6) is 0 Å². The van der Waals surface area contributed by atoms with Crippen molar-refractivity contribution >= 4 is 0 Å². The van der Waals surface area contributed by atoms with Gasteiger partial charge in [-0.3, -0.25) is 6.08 Å². The minimum absolute atomic E-state index is 0. The Balaban J connectivity index is -0.000000124. The standard InChI is InChI=1S/C10H14N.C5H5.3ClH.V/c1-11(2)9-8-10-6-4-3-5-7-10;1-2-4-5-3-1;;;;/h3-8H,9H2,1-2H3;1-3H,4H2;3*1H;/q2*-1;;;;/p-3. The first-order valence-electron chi connectivity index (χ1n) is 5.54. The maximum atomic E-state index is 2.99. The Bertz CT molecular complexity index is 330. The normalized spacial score (nSPS) is 9.95. The molecule has 20 heavy (non-hydrogen) atoms. The van der Waals surface area contributed by atoms with Crippen LogP contribution in [0, 0.1) is 12.5 Å². The van der Waals surface area contributed by atoms with E-state index in [1.54, 1.807) is 0 Å². The third-order valence-corrected chi connectivity index (χ3v) is 2.08. The number of hydrogen-bond donors (Lipinski definition) is 0. The third-order valence-electron chi connectivity index (χ3n) is 2.08. The topological polar surface area (TPSA) is 3.24 Å². The van der Waals surface area contributed by atoms with Gasteiger partial charge in [-0.05, 0) is 20.6 Å². The molecule has 0 aliphatic heterocycles. The zero-order valence-corrected chi connectivity index (χ0v) is 15.3. The molecule has 2 rings (SSSR count). The summed E-state index contributed by atoms with van der Waals surface area (Å²) in [7, 11) is 4.14. The van der Waals surface area contributed by atoms with Crippen LogP contribution in [0.15, 0.2) is 48.6 Å². The van der Waals surface area contributed by atoms with Gasteiger partial charge >= 0.3 is 0 Å². The van der Waals surface area contributed by atoms with Gasteiger partial charge in [-0.1, -0.05) is 6.07 Å². The predicted molar refractivity (Wildman–Crippen MR) is 70.0 cm³/mol. The Morgan fingerprint density at radius 1 is 1.10 bits per heavy atom. The van der Waals surface area contributed by atoms with Crippen LogP contribution >= 0.6 is 0 Å². The molecule has 0 fully saturated rings. The fraction of sp³-hybridized carbons (Fsp3) is 0.267. The monoisotopic (exact) mass is 369 g/mol. The first-order chi connectivity index (χ1) is 7.79. The summed E-state index contributed by atoms with van der Waals surface area (Å²) in [5.74, 6) is 0. The fourth-order valence-electron chi connectivity index (χ4n) is 1.22. The maximum absolute atomic E-state index is 2.99. The van der Waals surface area contributed by atoms with Crippen molar-refractivity contribution in [2.45, 2.75) is 6.42 Å². The summed E-state index contributed by atoms with van der Waals surface area (Å²) in [5.41, 5.74) is 1.29. The van der Waals surface area contributed by atoms with Gasteiger partial charge in [-0.25, -0.2) is 12.2 Å². The molecule has 1 nitrogen and oxygen atoms in total. The van der Waals surface area contributed by atoms with Gasteiger partial charge < -0.3 is 42.1 Å². The number of nitrogens with zero attached hydrogens (tertiary/aromatic N) is 1. The average Bonchev–Trinajstić information content (AvgIpc) is 2.86. The second-order valence-corrected chi connectivity index (χ2v) is 3.88. The summed E-state index contributed by atoms with van der Waals surface area (Å²) in [4.78, 5) is 2.15. The van der Waals surface area contributed by atoms with E-state index in [1.807, 2.05) is 18.2 Å². The molecule has 0 heterocycles. The average molecular weight is 371 g/mol. The van der Waals surface area contributed by atoms with Gasteiger partial charge in [0, 0.05) is 18.6 Å². The van der Waals surface area contributed by atoms with Crippen LogP contribution in [0.4, 0.5) is 0 Å². The van der Waals surface area contributed by atoms with Crippen molar-refractivity contribution in [3.8, 4) is 0 Å². The van der Waals surface area contributed by atoms with Crippen molar-refractivity contribution in [3.05, 3.63) is 66.6 Å². The molecular formula is C15H19Cl3NV-5. The summed E-state index contributed by atoms with van der Waals surface area (Å²) in [5, 5.41) is 0. The van der Waals surface area contributed by atoms with E-state index < -0.39 is 0 Å². The number of benzene rings is 1. The van der Waals surface area contributed by atoms with E-state index in [9.17, 15) is 0 Å². The molecule has 0 aromatic heterocycles. The summed E-state index contributed by atoms with van der Waals surface area (Å²) in [6, 6.07) is 10.4. The first-order valence-corrected chi connectivity index (χ1v) is 5.54. The molecule has 0 amide bonds. The van der Waals surface area contributed by atoms with Crippen molar-refractivity contribution < 1.29 is 55.8 Å².